The number of rotatable bonds is 6. The number of likely N-dealkylation sites (N-methyl/N-ethyl adjacent to an activating group) is 1. The van der Waals surface area contributed by atoms with E-state index in [-0.39, 0.29) is 11.8 Å². The third-order valence-corrected chi connectivity index (χ3v) is 3.52. The van der Waals surface area contributed by atoms with Crippen molar-refractivity contribution in [2.45, 2.75) is 26.3 Å². The number of carbonyl (C=O) groups excluding carboxylic acids is 1. The summed E-state index contributed by atoms with van der Waals surface area (Å²) >= 11 is 0. The van der Waals surface area contributed by atoms with E-state index in [0.717, 1.165) is 11.1 Å². The van der Waals surface area contributed by atoms with E-state index in [1.54, 1.807) is 7.05 Å². The highest BCUT2D eigenvalue weighted by molar-refractivity contribution is 5.92. The lowest BCUT2D eigenvalue weighted by atomic mass is 9.76. The molecule has 1 rings (SSSR count). The van der Waals surface area contributed by atoms with Gasteiger partial charge in [0.25, 0.3) is 5.91 Å². The third kappa shape index (κ3) is 3.45. The topological polar surface area (TPSA) is 67.5 Å². The van der Waals surface area contributed by atoms with Gasteiger partial charge in [0.05, 0.1) is 6.34 Å². The van der Waals surface area contributed by atoms with Crippen molar-refractivity contribution in [3.8, 4) is 0 Å². The van der Waals surface area contributed by atoms with E-state index in [0.29, 0.717) is 0 Å². The van der Waals surface area contributed by atoms with E-state index in [1.165, 1.54) is 6.34 Å². The number of benzene rings is 1. The normalized spacial score (nSPS) is 15.4. The minimum atomic E-state index is -1.15. The summed E-state index contributed by atoms with van der Waals surface area (Å²) in [6.45, 7) is 6.02. The Bertz CT molecular complexity index is 573. The van der Waals surface area contributed by atoms with Gasteiger partial charge in [-0.3, -0.25) is 9.79 Å². The number of nitrogens with two attached hydrogens (primary N) is 1. The van der Waals surface area contributed by atoms with Crippen LogP contribution in [0.5, 0.6) is 0 Å². The van der Waals surface area contributed by atoms with Crippen molar-refractivity contribution in [2.24, 2.45) is 16.6 Å². The standard InChI is InChI=1S/C18H25N3O/c1-5-6-12-16(14(2)3)18(21-13-19,17(22)20-4)15-10-8-7-9-11-15/h5-14H,1-4H3,(H2,19,21)(H,20,22)/b6-5-,16-12+. The Labute approximate surface area is 132 Å². The van der Waals surface area contributed by atoms with Crippen LogP contribution < -0.4 is 11.1 Å². The molecule has 1 aromatic carbocycles. The number of hydrogen-bond acceptors (Lipinski definition) is 2. The van der Waals surface area contributed by atoms with Crippen LogP contribution in [0.1, 0.15) is 26.3 Å². The Balaban J connectivity index is 3.73. The Morgan fingerprint density at radius 2 is 1.95 bits per heavy atom. The predicted molar refractivity (Wildman–Crippen MR) is 92.6 cm³/mol. The summed E-state index contributed by atoms with van der Waals surface area (Å²) in [6.07, 6.45) is 6.99. The molecular weight excluding hydrogens is 274 g/mol. The second-order valence-electron chi connectivity index (χ2n) is 5.24. The fourth-order valence-corrected chi connectivity index (χ4v) is 2.54. The molecule has 118 valence electrons. The number of nitrogens with zero attached hydrogens (tertiary/aromatic N) is 1. The summed E-state index contributed by atoms with van der Waals surface area (Å²) in [4.78, 5) is 17.2. The molecule has 22 heavy (non-hydrogen) atoms. The molecule has 0 saturated carbocycles. The van der Waals surface area contributed by atoms with Crippen LogP contribution in [0.25, 0.3) is 0 Å². The molecule has 1 aromatic rings. The highest BCUT2D eigenvalue weighted by Crippen LogP contribution is 2.38. The van der Waals surface area contributed by atoms with Crippen molar-refractivity contribution < 1.29 is 4.79 Å². The maximum absolute atomic E-state index is 12.8. The zero-order valence-corrected chi connectivity index (χ0v) is 13.7. The second kappa shape index (κ2) is 8.17. The van der Waals surface area contributed by atoms with Crippen molar-refractivity contribution in [1.82, 2.24) is 5.32 Å². The van der Waals surface area contributed by atoms with Gasteiger partial charge in [0.2, 0.25) is 0 Å². The highest BCUT2D eigenvalue weighted by Gasteiger charge is 2.43. The predicted octanol–water partition coefficient (Wildman–Crippen LogP) is 2.77. The first-order valence-electron chi connectivity index (χ1n) is 7.41. The molecule has 3 N–H and O–H groups in total. The summed E-state index contributed by atoms with van der Waals surface area (Å²) in [7, 11) is 1.61. The molecule has 0 bridgehead atoms. The molecule has 0 spiro atoms. The lowest BCUT2D eigenvalue weighted by Crippen LogP contribution is -2.45. The minimum Gasteiger partial charge on any atom is -0.390 e. The number of allylic oxidation sites excluding steroid dienone is 3. The quantitative estimate of drug-likeness (QED) is 0.482. The van der Waals surface area contributed by atoms with Crippen LogP contribution in [0.2, 0.25) is 0 Å². The number of aliphatic imine (C=N–C) groups is 1. The van der Waals surface area contributed by atoms with Crippen LogP contribution in [0.15, 0.2) is 59.1 Å². The Kier molecular flexibility index (Phi) is 6.57. The molecule has 4 nitrogen and oxygen atoms in total. The van der Waals surface area contributed by atoms with Gasteiger partial charge in [-0.15, -0.1) is 0 Å². The van der Waals surface area contributed by atoms with E-state index in [2.05, 4.69) is 10.3 Å². The van der Waals surface area contributed by atoms with Gasteiger partial charge in [-0.05, 0) is 24.0 Å². The van der Waals surface area contributed by atoms with Gasteiger partial charge in [-0.1, -0.05) is 62.4 Å². The molecule has 0 saturated heterocycles. The molecular formula is C18H25N3O. The van der Waals surface area contributed by atoms with E-state index in [4.69, 9.17) is 5.73 Å². The average Bonchev–Trinajstić information content (AvgIpc) is 2.53. The monoisotopic (exact) mass is 299 g/mol. The number of nitrogens with one attached hydrogen (secondary N) is 1. The SMILES string of the molecule is C/C=C\C=C(/C(C)C)C(N=CN)(C(=O)NC)c1ccccc1. The molecule has 1 unspecified atom stereocenters. The highest BCUT2D eigenvalue weighted by atomic mass is 16.2. The molecule has 4 heteroatoms. The third-order valence-electron chi connectivity index (χ3n) is 3.52. The fourth-order valence-electron chi connectivity index (χ4n) is 2.54. The smallest absolute Gasteiger partial charge is 0.256 e. The van der Waals surface area contributed by atoms with Crippen LogP contribution in [0.3, 0.4) is 0 Å². The first-order chi connectivity index (χ1) is 10.5. The summed E-state index contributed by atoms with van der Waals surface area (Å²) in [5, 5.41) is 2.73. The molecule has 0 heterocycles. The van der Waals surface area contributed by atoms with Crippen molar-refractivity contribution in [1.29, 1.82) is 0 Å². The number of hydrogen-bond donors (Lipinski definition) is 2. The lowest BCUT2D eigenvalue weighted by Gasteiger charge is -2.33. The second-order valence-corrected chi connectivity index (χ2v) is 5.24. The van der Waals surface area contributed by atoms with Gasteiger partial charge in [-0.2, -0.15) is 0 Å². The van der Waals surface area contributed by atoms with Crippen molar-refractivity contribution in [3.05, 3.63) is 59.7 Å². The van der Waals surface area contributed by atoms with Crippen molar-refractivity contribution >= 4 is 12.2 Å². The van der Waals surface area contributed by atoms with Gasteiger partial charge < -0.3 is 11.1 Å². The van der Waals surface area contributed by atoms with Crippen molar-refractivity contribution in [3.63, 3.8) is 0 Å². The van der Waals surface area contributed by atoms with Crippen LogP contribution in [-0.2, 0) is 10.3 Å². The molecule has 1 atom stereocenters. The lowest BCUT2D eigenvalue weighted by molar-refractivity contribution is -0.125. The Morgan fingerprint density at radius 1 is 1.32 bits per heavy atom. The van der Waals surface area contributed by atoms with Gasteiger partial charge >= 0.3 is 0 Å². The Hall–Kier alpha value is -2.36. The molecule has 0 aromatic heterocycles. The molecule has 0 radical (unpaired) electrons. The number of carbonyl (C=O) groups is 1. The largest absolute Gasteiger partial charge is 0.390 e. The number of amides is 1. The maximum atomic E-state index is 12.8. The molecule has 0 aliphatic carbocycles. The molecule has 1 amide bonds. The van der Waals surface area contributed by atoms with Gasteiger partial charge in [-0.25, -0.2) is 0 Å². The first-order valence-corrected chi connectivity index (χ1v) is 7.41. The summed E-state index contributed by atoms with van der Waals surface area (Å²) in [5.74, 6) is -0.0812. The zero-order valence-electron chi connectivity index (χ0n) is 13.7. The Morgan fingerprint density at radius 3 is 2.41 bits per heavy atom. The van der Waals surface area contributed by atoms with Crippen LogP contribution in [0, 0.1) is 5.92 Å². The van der Waals surface area contributed by atoms with E-state index in [9.17, 15) is 4.79 Å². The van der Waals surface area contributed by atoms with Crippen LogP contribution >= 0.6 is 0 Å². The first kappa shape index (κ1) is 17.7. The molecule has 0 aliphatic heterocycles. The van der Waals surface area contributed by atoms with E-state index in [1.807, 2.05) is 69.3 Å². The van der Waals surface area contributed by atoms with Crippen LogP contribution in [-0.4, -0.2) is 19.3 Å². The van der Waals surface area contributed by atoms with E-state index >= 15 is 0 Å². The summed E-state index contributed by atoms with van der Waals surface area (Å²) in [5.41, 5.74) is 6.12. The zero-order chi connectivity index (χ0) is 16.6. The molecule has 0 aliphatic rings. The minimum absolute atomic E-state index is 0.123. The summed E-state index contributed by atoms with van der Waals surface area (Å²) < 4.78 is 0. The van der Waals surface area contributed by atoms with Gasteiger partial charge in [0.15, 0.2) is 5.54 Å². The van der Waals surface area contributed by atoms with Crippen molar-refractivity contribution in [2.75, 3.05) is 7.05 Å². The fraction of sp³-hybridized carbons (Fsp3) is 0.333. The van der Waals surface area contributed by atoms with Gasteiger partial charge in [0, 0.05) is 7.05 Å². The average molecular weight is 299 g/mol. The van der Waals surface area contributed by atoms with Crippen LogP contribution in [0.4, 0.5) is 0 Å². The van der Waals surface area contributed by atoms with E-state index < -0.39 is 5.54 Å². The maximum Gasteiger partial charge on any atom is 0.256 e. The summed E-state index contributed by atoms with van der Waals surface area (Å²) in [6, 6.07) is 9.50. The molecule has 0 fully saturated rings. The van der Waals surface area contributed by atoms with Gasteiger partial charge in [0.1, 0.15) is 0 Å².